The Balaban J connectivity index is 1.33. The zero-order valence-corrected chi connectivity index (χ0v) is 19.7. The molecule has 1 N–H and O–H groups in total. The lowest BCUT2D eigenvalue weighted by Gasteiger charge is -2.10. The molecule has 10 heteroatoms. The summed E-state index contributed by atoms with van der Waals surface area (Å²) in [5.41, 5.74) is 1.26. The fraction of sp³-hybridized carbons (Fsp3) is 0.250. The Labute approximate surface area is 201 Å². The maximum atomic E-state index is 12.1. The zero-order chi connectivity index (χ0) is 23.8. The summed E-state index contributed by atoms with van der Waals surface area (Å²) >= 11 is 1.66. The average molecular weight is 480 g/mol. The summed E-state index contributed by atoms with van der Waals surface area (Å²) in [7, 11) is 3.18. The second kappa shape index (κ2) is 11.4. The molecule has 2 heterocycles. The van der Waals surface area contributed by atoms with E-state index in [2.05, 4.69) is 20.6 Å². The standard InChI is InChI=1S/C24H25N5O4S/c1-31-17-8-9-20(32-2)19(16-17)24-27-26-21-10-11-23(28-29(21)24)33-14-13-25-22(30)12-15-34-18-6-4-3-5-7-18/h3-11,16H,12-15H2,1-2H3,(H,25,30). The van der Waals surface area contributed by atoms with Crippen LogP contribution in [0.2, 0.25) is 0 Å². The number of hydrogen-bond acceptors (Lipinski definition) is 8. The Bertz CT molecular complexity index is 1250. The maximum Gasteiger partial charge on any atom is 0.231 e. The van der Waals surface area contributed by atoms with Crippen LogP contribution in [0.15, 0.2) is 65.6 Å². The Morgan fingerprint density at radius 1 is 1.03 bits per heavy atom. The highest BCUT2D eigenvalue weighted by atomic mass is 32.2. The molecular weight excluding hydrogens is 454 g/mol. The van der Waals surface area contributed by atoms with E-state index >= 15 is 0 Å². The van der Waals surface area contributed by atoms with Crippen molar-refractivity contribution in [2.24, 2.45) is 0 Å². The van der Waals surface area contributed by atoms with Crippen LogP contribution in [0, 0.1) is 0 Å². The Morgan fingerprint density at radius 2 is 1.88 bits per heavy atom. The van der Waals surface area contributed by atoms with Crippen LogP contribution in [0.3, 0.4) is 0 Å². The van der Waals surface area contributed by atoms with Crippen molar-refractivity contribution in [2.75, 3.05) is 33.1 Å². The van der Waals surface area contributed by atoms with E-state index in [1.54, 1.807) is 48.7 Å². The van der Waals surface area contributed by atoms with Crippen LogP contribution >= 0.6 is 11.8 Å². The molecule has 0 fully saturated rings. The third-order valence-corrected chi connectivity index (χ3v) is 5.91. The van der Waals surface area contributed by atoms with Gasteiger partial charge < -0.3 is 19.5 Å². The summed E-state index contributed by atoms with van der Waals surface area (Å²) in [6, 6.07) is 18.9. The van der Waals surface area contributed by atoms with Gasteiger partial charge in [-0.15, -0.1) is 27.1 Å². The van der Waals surface area contributed by atoms with E-state index in [9.17, 15) is 4.79 Å². The molecule has 2 aromatic heterocycles. The highest BCUT2D eigenvalue weighted by Crippen LogP contribution is 2.32. The average Bonchev–Trinajstić information content (AvgIpc) is 3.30. The van der Waals surface area contributed by atoms with Crippen molar-refractivity contribution >= 4 is 23.3 Å². The van der Waals surface area contributed by atoms with Crippen molar-refractivity contribution in [1.82, 2.24) is 25.1 Å². The van der Waals surface area contributed by atoms with E-state index < -0.39 is 0 Å². The van der Waals surface area contributed by atoms with Gasteiger partial charge in [0.05, 0.1) is 26.3 Å². The summed E-state index contributed by atoms with van der Waals surface area (Å²) < 4.78 is 18.1. The predicted octanol–water partition coefficient (Wildman–Crippen LogP) is 3.49. The molecule has 0 spiro atoms. The molecular formula is C24H25N5O4S. The third kappa shape index (κ3) is 5.76. The van der Waals surface area contributed by atoms with Gasteiger partial charge >= 0.3 is 0 Å². The first kappa shape index (κ1) is 23.4. The van der Waals surface area contributed by atoms with E-state index in [1.165, 1.54) is 0 Å². The van der Waals surface area contributed by atoms with Crippen LogP contribution in [-0.4, -0.2) is 58.8 Å². The van der Waals surface area contributed by atoms with Gasteiger partial charge in [-0.3, -0.25) is 4.79 Å². The molecule has 0 unspecified atom stereocenters. The van der Waals surface area contributed by atoms with Crippen molar-refractivity contribution in [1.29, 1.82) is 0 Å². The topological polar surface area (TPSA) is 99.9 Å². The Kier molecular flexibility index (Phi) is 7.82. The van der Waals surface area contributed by atoms with Crippen LogP contribution in [-0.2, 0) is 4.79 Å². The fourth-order valence-electron chi connectivity index (χ4n) is 3.22. The lowest BCUT2D eigenvalue weighted by Crippen LogP contribution is -2.28. The van der Waals surface area contributed by atoms with E-state index in [4.69, 9.17) is 14.2 Å². The number of thioether (sulfide) groups is 1. The minimum atomic E-state index is -0.0124. The Morgan fingerprint density at radius 3 is 2.68 bits per heavy atom. The van der Waals surface area contributed by atoms with Crippen molar-refractivity contribution in [3.8, 4) is 28.8 Å². The largest absolute Gasteiger partial charge is 0.497 e. The number of rotatable bonds is 11. The van der Waals surface area contributed by atoms with Crippen molar-refractivity contribution < 1.29 is 19.0 Å². The highest BCUT2D eigenvalue weighted by molar-refractivity contribution is 7.99. The number of aromatic nitrogens is 4. The number of methoxy groups -OCH3 is 2. The van der Waals surface area contributed by atoms with Crippen molar-refractivity contribution in [2.45, 2.75) is 11.3 Å². The lowest BCUT2D eigenvalue weighted by atomic mass is 10.2. The van der Waals surface area contributed by atoms with Crippen molar-refractivity contribution in [3.63, 3.8) is 0 Å². The van der Waals surface area contributed by atoms with Gasteiger partial charge in [-0.1, -0.05) is 18.2 Å². The number of amides is 1. The molecule has 4 aromatic rings. The number of ether oxygens (including phenoxy) is 3. The zero-order valence-electron chi connectivity index (χ0n) is 18.9. The molecule has 0 saturated heterocycles. The summed E-state index contributed by atoms with van der Waals surface area (Å²) in [4.78, 5) is 13.2. The molecule has 9 nitrogen and oxygen atoms in total. The molecule has 176 valence electrons. The van der Waals surface area contributed by atoms with Gasteiger partial charge in [0, 0.05) is 23.1 Å². The number of nitrogens with one attached hydrogen (secondary N) is 1. The number of fused-ring (bicyclic) bond motifs is 1. The van der Waals surface area contributed by atoms with Crippen LogP contribution < -0.4 is 19.5 Å². The lowest BCUT2D eigenvalue weighted by molar-refractivity contribution is -0.120. The van der Waals surface area contributed by atoms with Crippen LogP contribution in [0.5, 0.6) is 17.4 Å². The van der Waals surface area contributed by atoms with E-state index in [1.807, 2.05) is 42.5 Å². The molecule has 0 aliphatic rings. The summed E-state index contributed by atoms with van der Waals surface area (Å²) in [6.07, 6.45) is 0.441. The molecule has 2 aromatic carbocycles. The first-order valence-electron chi connectivity index (χ1n) is 10.7. The summed E-state index contributed by atoms with van der Waals surface area (Å²) in [5.74, 6) is 2.89. The first-order valence-corrected chi connectivity index (χ1v) is 11.7. The van der Waals surface area contributed by atoms with Gasteiger partial charge in [-0.2, -0.15) is 4.52 Å². The quantitative estimate of drug-likeness (QED) is 0.258. The Hall–Kier alpha value is -3.79. The van der Waals surface area contributed by atoms with Crippen LogP contribution in [0.1, 0.15) is 6.42 Å². The first-order chi connectivity index (χ1) is 16.7. The molecule has 0 aliphatic carbocycles. The van der Waals surface area contributed by atoms with Gasteiger partial charge in [0.1, 0.15) is 18.1 Å². The molecule has 0 aliphatic heterocycles. The highest BCUT2D eigenvalue weighted by Gasteiger charge is 2.16. The number of nitrogens with zero attached hydrogens (tertiary/aromatic N) is 4. The van der Waals surface area contributed by atoms with Crippen LogP contribution in [0.4, 0.5) is 0 Å². The molecule has 1 amide bonds. The number of carbonyl (C=O) groups is 1. The van der Waals surface area contributed by atoms with Gasteiger partial charge in [-0.25, -0.2) is 0 Å². The fourth-order valence-corrected chi connectivity index (χ4v) is 4.09. The summed E-state index contributed by atoms with van der Waals surface area (Å²) in [6.45, 7) is 0.670. The van der Waals surface area contributed by atoms with Gasteiger partial charge in [0.15, 0.2) is 11.5 Å². The predicted molar refractivity (Wildman–Crippen MR) is 130 cm³/mol. The van der Waals surface area contributed by atoms with E-state index in [0.717, 1.165) is 10.6 Å². The van der Waals surface area contributed by atoms with Crippen molar-refractivity contribution in [3.05, 3.63) is 60.7 Å². The number of hydrogen-bond donors (Lipinski definition) is 1. The SMILES string of the molecule is COc1ccc(OC)c(-c2nnc3ccc(OCCNC(=O)CCSc4ccccc4)nn23)c1. The minimum Gasteiger partial charge on any atom is -0.497 e. The van der Waals surface area contributed by atoms with Gasteiger partial charge in [0.25, 0.3) is 0 Å². The third-order valence-electron chi connectivity index (χ3n) is 4.90. The van der Waals surface area contributed by atoms with Gasteiger partial charge in [-0.05, 0) is 36.4 Å². The normalized spacial score (nSPS) is 10.8. The molecule has 0 saturated carbocycles. The number of benzene rings is 2. The summed E-state index contributed by atoms with van der Waals surface area (Å²) in [5, 5.41) is 15.8. The van der Waals surface area contributed by atoms with E-state index in [0.29, 0.717) is 47.4 Å². The molecule has 0 atom stereocenters. The number of carbonyl (C=O) groups excluding carboxylic acids is 1. The molecule has 4 rings (SSSR count). The smallest absolute Gasteiger partial charge is 0.231 e. The monoisotopic (exact) mass is 479 g/mol. The minimum absolute atomic E-state index is 0.0124. The maximum absolute atomic E-state index is 12.1. The second-order valence-corrected chi connectivity index (χ2v) is 8.31. The molecule has 0 radical (unpaired) electrons. The molecule has 0 bridgehead atoms. The van der Waals surface area contributed by atoms with E-state index in [-0.39, 0.29) is 12.5 Å². The van der Waals surface area contributed by atoms with Crippen LogP contribution in [0.25, 0.3) is 17.0 Å². The van der Waals surface area contributed by atoms with Gasteiger partial charge in [0.2, 0.25) is 11.8 Å². The second-order valence-electron chi connectivity index (χ2n) is 7.14. The molecule has 34 heavy (non-hydrogen) atoms.